The summed E-state index contributed by atoms with van der Waals surface area (Å²) in [5, 5.41) is 0.715. The summed E-state index contributed by atoms with van der Waals surface area (Å²) in [6.45, 7) is 4.36. The van der Waals surface area contributed by atoms with E-state index in [0.717, 1.165) is 56.9 Å². The van der Waals surface area contributed by atoms with Crippen LogP contribution in [0.15, 0.2) is 24.5 Å². The summed E-state index contributed by atoms with van der Waals surface area (Å²) < 4.78 is 1.98. The lowest BCUT2D eigenvalue weighted by Crippen LogP contribution is -2.50. The van der Waals surface area contributed by atoms with Gasteiger partial charge in [-0.3, -0.25) is 9.69 Å². The van der Waals surface area contributed by atoms with Crippen LogP contribution in [-0.4, -0.2) is 51.3 Å². The van der Waals surface area contributed by atoms with Gasteiger partial charge in [0.25, 0.3) is 0 Å². The smallest absolute Gasteiger partial charge is 0.225 e. The van der Waals surface area contributed by atoms with E-state index < -0.39 is 0 Å². The summed E-state index contributed by atoms with van der Waals surface area (Å²) in [5.41, 5.74) is 1.97. The molecule has 1 saturated carbocycles. The molecule has 1 aliphatic heterocycles. The average Bonchev–Trinajstić information content (AvgIpc) is 2.85. The predicted octanol–water partition coefficient (Wildman–Crippen LogP) is 3.60. The van der Waals surface area contributed by atoms with Gasteiger partial charge in [0.15, 0.2) is 0 Å². The number of piperazine rings is 1. The molecule has 2 aromatic heterocycles. The van der Waals surface area contributed by atoms with Gasteiger partial charge in [0.05, 0.1) is 10.7 Å². The zero-order valence-electron chi connectivity index (χ0n) is 15.2. The molecule has 4 rings (SSSR count). The Balaban J connectivity index is 1.32. The van der Waals surface area contributed by atoms with E-state index in [1.165, 1.54) is 25.7 Å². The summed E-state index contributed by atoms with van der Waals surface area (Å²) in [6.07, 6.45) is 11.1. The second-order valence-corrected chi connectivity index (χ2v) is 8.07. The number of hydrogen-bond acceptors (Lipinski definition) is 3. The monoisotopic (exact) mass is 374 g/mol. The molecule has 1 saturated heterocycles. The Labute approximate surface area is 159 Å². The van der Waals surface area contributed by atoms with E-state index in [9.17, 15) is 4.79 Å². The van der Waals surface area contributed by atoms with Crippen LogP contribution in [0.3, 0.4) is 0 Å². The standard InChI is InChI=1S/C20H27ClN4O/c21-17-7-8-19-22-18(15-25(19)13-17)14-23-9-11-24(12-10-23)20(26)16-5-3-1-2-4-6-16/h7-8,13,15-16H,1-6,9-12,14H2. The van der Waals surface area contributed by atoms with Gasteiger partial charge in [-0.2, -0.15) is 0 Å². The lowest BCUT2D eigenvalue weighted by atomic mass is 9.98. The SMILES string of the molecule is O=C(C1CCCCCC1)N1CCN(Cc2cn3cc(Cl)ccc3n2)CC1. The second kappa shape index (κ2) is 7.97. The Bertz CT molecular complexity index is 758. The number of carbonyl (C=O) groups excluding carboxylic acids is 1. The third kappa shape index (κ3) is 4.04. The van der Waals surface area contributed by atoms with Crippen LogP contribution >= 0.6 is 11.6 Å². The van der Waals surface area contributed by atoms with Crippen molar-refractivity contribution in [2.75, 3.05) is 26.2 Å². The molecule has 2 fully saturated rings. The topological polar surface area (TPSA) is 40.9 Å². The quantitative estimate of drug-likeness (QED) is 0.771. The predicted molar refractivity (Wildman–Crippen MR) is 103 cm³/mol. The highest BCUT2D eigenvalue weighted by molar-refractivity contribution is 6.30. The third-order valence-electron chi connectivity index (χ3n) is 5.74. The first kappa shape index (κ1) is 17.8. The van der Waals surface area contributed by atoms with Crippen molar-refractivity contribution in [2.24, 2.45) is 5.92 Å². The first-order valence-corrected chi connectivity index (χ1v) is 10.2. The molecule has 2 aromatic rings. The van der Waals surface area contributed by atoms with Crippen molar-refractivity contribution in [2.45, 2.75) is 45.1 Å². The molecule has 1 amide bonds. The van der Waals surface area contributed by atoms with Gasteiger partial charge >= 0.3 is 0 Å². The Morgan fingerprint density at radius 3 is 2.50 bits per heavy atom. The number of fused-ring (bicyclic) bond motifs is 1. The molecule has 0 unspecified atom stereocenters. The Morgan fingerprint density at radius 1 is 1.04 bits per heavy atom. The van der Waals surface area contributed by atoms with E-state index in [1.807, 2.05) is 28.9 Å². The largest absolute Gasteiger partial charge is 0.340 e. The minimum absolute atomic E-state index is 0.271. The Morgan fingerprint density at radius 2 is 1.77 bits per heavy atom. The van der Waals surface area contributed by atoms with Gasteiger partial charge in [-0.15, -0.1) is 0 Å². The van der Waals surface area contributed by atoms with Gasteiger partial charge in [-0.25, -0.2) is 4.98 Å². The lowest BCUT2D eigenvalue weighted by Gasteiger charge is -2.36. The minimum atomic E-state index is 0.271. The number of carbonyl (C=O) groups is 1. The fourth-order valence-corrected chi connectivity index (χ4v) is 4.40. The van der Waals surface area contributed by atoms with E-state index >= 15 is 0 Å². The second-order valence-electron chi connectivity index (χ2n) is 7.63. The van der Waals surface area contributed by atoms with Crippen molar-refractivity contribution in [1.29, 1.82) is 0 Å². The molecule has 6 heteroatoms. The molecule has 1 aliphatic carbocycles. The number of rotatable bonds is 3. The first-order valence-electron chi connectivity index (χ1n) is 9.83. The number of amides is 1. The van der Waals surface area contributed by atoms with Crippen LogP contribution in [0.2, 0.25) is 5.02 Å². The number of hydrogen-bond donors (Lipinski definition) is 0. The highest BCUT2D eigenvalue weighted by Crippen LogP contribution is 2.25. The summed E-state index contributed by atoms with van der Waals surface area (Å²) in [7, 11) is 0. The van der Waals surface area contributed by atoms with Crippen molar-refractivity contribution in [3.8, 4) is 0 Å². The molecule has 26 heavy (non-hydrogen) atoms. The van der Waals surface area contributed by atoms with Gasteiger partial charge < -0.3 is 9.30 Å². The number of halogens is 1. The highest BCUT2D eigenvalue weighted by atomic mass is 35.5. The van der Waals surface area contributed by atoms with Crippen LogP contribution in [-0.2, 0) is 11.3 Å². The first-order chi connectivity index (χ1) is 12.7. The number of aromatic nitrogens is 2. The molecule has 0 radical (unpaired) electrons. The fourth-order valence-electron chi connectivity index (χ4n) is 4.23. The zero-order valence-corrected chi connectivity index (χ0v) is 16.0. The number of nitrogens with zero attached hydrogens (tertiary/aromatic N) is 4. The Hall–Kier alpha value is -1.59. The number of imidazole rings is 1. The highest BCUT2D eigenvalue weighted by Gasteiger charge is 2.28. The maximum absolute atomic E-state index is 12.8. The van der Waals surface area contributed by atoms with Gasteiger partial charge in [0.1, 0.15) is 5.65 Å². The third-order valence-corrected chi connectivity index (χ3v) is 5.96. The lowest BCUT2D eigenvalue weighted by molar-refractivity contribution is -0.137. The van der Waals surface area contributed by atoms with Crippen LogP contribution in [0.25, 0.3) is 5.65 Å². The summed E-state index contributed by atoms with van der Waals surface area (Å²) >= 11 is 6.04. The minimum Gasteiger partial charge on any atom is -0.340 e. The van der Waals surface area contributed by atoms with Gasteiger partial charge in [-0.1, -0.05) is 37.3 Å². The molecule has 0 bridgehead atoms. The van der Waals surface area contributed by atoms with Crippen molar-refractivity contribution in [3.05, 3.63) is 35.2 Å². The molecule has 0 aromatic carbocycles. The summed E-state index contributed by atoms with van der Waals surface area (Å²) in [5.74, 6) is 0.668. The normalized spacial score (nSPS) is 20.4. The Kier molecular flexibility index (Phi) is 5.46. The van der Waals surface area contributed by atoms with E-state index in [0.29, 0.717) is 10.9 Å². The average molecular weight is 375 g/mol. The zero-order chi connectivity index (χ0) is 17.9. The molecule has 5 nitrogen and oxygen atoms in total. The van der Waals surface area contributed by atoms with Crippen molar-refractivity contribution in [3.63, 3.8) is 0 Å². The van der Waals surface area contributed by atoms with Gasteiger partial charge in [-0.05, 0) is 25.0 Å². The van der Waals surface area contributed by atoms with Crippen LogP contribution in [0.5, 0.6) is 0 Å². The molecule has 0 N–H and O–H groups in total. The molecule has 0 atom stereocenters. The molecule has 140 valence electrons. The van der Waals surface area contributed by atoms with Crippen molar-refractivity contribution >= 4 is 23.2 Å². The fraction of sp³-hybridized carbons (Fsp3) is 0.600. The van der Waals surface area contributed by atoms with Gasteiger partial charge in [0.2, 0.25) is 5.91 Å². The van der Waals surface area contributed by atoms with E-state index in [2.05, 4.69) is 14.8 Å². The van der Waals surface area contributed by atoms with E-state index in [1.54, 1.807) is 0 Å². The molecule has 0 spiro atoms. The van der Waals surface area contributed by atoms with Crippen molar-refractivity contribution in [1.82, 2.24) is 19.2 Å². The van der Waals surface area contributed by atoms with Crippen LogP contribution in [0.1, 0.15) is 44.2 Å². The molecule has 2 aliphatic rings. The van der Waals surface area contributed by atoms with E-state index in [4.69, 9.17) is 11.6 Å². The maximum atomic E-state index is 12.8. The summed E-state index contributed by atoms with van der Waals surface area (Å²) in [4.78, 5) is 21.9. The van der Waals surface area contributed by atoms with E-state index in [-0.39, 0.29) is 5.92 Å². The maximum Gasteiger partial charge on any atom is 0.225 e. The number of pyridine rings is 1. The van der Waals surface area contributed by atoms with Crippen LogP contribution in [0, 0.1) is 5.92 Å². The molecular formula is C20H27ClN4O. The molecular weight excluding hydrogens is 348 g/mol. The summed E-state index contributed by atoms with van der Waals surface area (Å²) in [6, 6.07) is 3.81. The van der Waals surface area contributed by atoms with Crippen molar-refractivity contribution < 1.29 is 4.79 Å². The molecule has 3 heterocycles. The van der Waals surface area contributed by atoms with Gasteiger partial charge in [0, 0.05) is 51.0 Å². The van der Waals surface area contributed by atoms with Crippen LogP contribution < -0.4 is 0 Å². The van der Waals surface area contributed by atoms with Crippen LogP contribution in [0.4, 0.5) is 0 Å².